The zero-order valence-electron chi connectivity index (χ0n) is 10.9. The highest BCUT2D eigenvalue weighted by Crippen LogP contribution is 2.18. The van der Waals surface area contributed by atoms with E-state index in [0.29, 0.717) is 13.2 Å². The third-order valence-electron chi connectivity index (χ3n) is 2.80. The average Bonchev–Trinajstić information content (AvgIpc) is 2.69. The summed E-state index contributed by atoms with van der Waals surface area (Å²) in [6, 6.07) is 7.86. The van der Waals surface area contributed by atoms with Crippen molar-refractivity contribution in [2.24, 2.45) is 0 Å². The summed E-state index contributed by atoms with van der Waals surface area (Å²) in [5.41, 5.74) is 3.02. The molecule has 0 saturated carbocycles. The van der Waals surface area contributed by atoms with Gasteiger partial charge in [-0.2, -0.15) is 0 Å². The lowest BCUT2D eigenvalue weighted by Crippen LogP contribution is -1.98. The van der Waals surface area contributed by atoms with Crippen LogP contribution in [0.1, 0.15) is 22.6 Å². The van der Waals surface area contributed by atoms with Crippen molar-refractivity contribution in [1.29, 1.82) is 0 Å². The molecule has 4 heteroatoms. The lowest BCUT2D eigenvalue weighted by atomic mass is 10.2. The number of rotatable bonds is 5. The van der Waals surface area contributed by atoms with Crippen LogP contribution in [0.15, 0.2) is 28.8 Å². The van der Waals surface area contributed by atoms with E-state index in [1.165, 1.54) is 0 Å². The van der Waals surface area contributed by atoms with Gasteiger partial charge in [-0.25, -0.2) is 0 Å². The molecule has 0 aliphatic heterocycles. The molecule has 2 aromatic rings. The van der Waals surface area contributed by atoms with Crippen LogP contribution in [0.3, 0.4) is 0 Å². The maximum absolute atomic E-state index is 5.70. The van der Waals surface area contributed by atoms with Crippen LogP contribution < -0.4 is 4.74 Å². The number of nitrogens with zero attached hydrogens (tertiary/aromatic N) is 1. The van der Waals surface area contributed by atoms with Crippen LogP contribution >= 0.6 is 0 Å². The van der Waals surface area contributed by atoms with Gasteiger partial charge < -0.3 is 14.0 Å². The van der Waals surface area contributed by atoms with Crippen molar-refractivity contribution in [3.05, 3.63) is 46.8 Å². The van der Waals surface area contributed by atoms with Crippen LogP contribution in [0.25, 0.3) is 0 Å². The van der Waals surface area contributed by atoms with Gasteiger partial charge in [0.2, 0.25) is 0 Å². The van der Waals surface area contributed by atoms with Crippen LogP contribution in [-0.4, -0.2) is 12.3 Å². The fourth-order valence-corrected chi connectivity index (χ4v) is 1.71. The Balaban J connectivity index is 1.98. The second-order valence-corrected chi connectivity index (χ2v) is 4.17. The van der Waals surface area contributed by atoms with Gasteiger partial charge in [-0.3, -0.25) is 0 Å². The molecule has 0 saturated heterocycles. The van der Waals surface area contributed by atoms with Gasteiger partial charge in [-0.05, 0) is 31.5 Å². The topological polar surface area (TPSA) is 44.5 Å². The highest BCUT2D eigenvalue weighted by atomic mass is 16.5. The van der Waals surface area contributed by atoms with Crippen molar-refractivity contribution in [3.8, 4) is 5.75 Å². The van der Waals surface area contributed by atoms with E-state index in [-0.39, 0.29) is 0 Å². The molecule has 0 aliphatic rings. The lowest BCUT2D eigenvalue weighted by molar-refractivity contribution is 0.185. The molecule has 0 radical (unpaired) electrons. The molecule has 0 amide bonds. The zero-order chi connectivity index (χ0) is 13.0. The first kappa shape index (κ1) is 12.6. The highest BCUT2D eigenvalue weighted by molar-refractivity contribution is 5.28. The van der Waals surface area contributed by atoms with Crippen LogP contribution in [0.2, 0.25) is 0 Å². The number of hydrogen-bond donors (Lipinski definition) is 0. The molecule has 0 spiro atoms. The summed E-state index contributed by atoms with van der Waals surface area (Å²) in [6.45, 7) is 4.90. The quantitative estimate of drug-likeness (QED) is 0.814. The van der Waals surface area contributed by atoms with Crippen molar-refractivity contribution >= 4 is 0 Å². The molecule has 0 aliphatic carbocycles. The maximum atomic E-state index is 5.70. The minimum absolute atomic E-state index is 0.477. The number of benzene rings is 1. The van der Waals surface area contributed by atoms with Gasteiger partial charge in [0.1, 0.15) is 18.1 Å². The predicted octanol–water partition coefficient (Wildman–Crippen LogP) is 3.02. The van der Waals surface area contributed by atoms with E-state index < -0.39 is 0 Å². The Labute approximate surface area is 107 Å². The first-order valence-corrected chi connectivity index (χ1v) is 5.83. The second kappa shape index (κ2) is 5.69. The standard InChI is InChI=1S/C14H17NO3/c1-10-14(11(2)18-15-10)9-17-13-6-4-12(5-7-13)8-16-3/h4-7H,8-9H2,1-3H3. The molecule has 1 aromatic carbocycles. The number of methoxy groups -OCH3 is 1. The second-order valence-electron chi connectivity index (χ2n) is 4.17. The SMILES string of the molecule is COCc1ccc(OCc2c(C)noc2C)cc1. The van der Waals surface area contributed by atoms with Gasteiger partial charge in [-0.1, -0.05) is 17.3 Å². The van der Waals surface area contributed by atoms with Gasteiger partial charge in [0, 0.05) is 7.11 Å². The first-order chi connectivity index (χ1) is 8.70. The molecular weight excluding hydrogens is 230 g/mol. The molecule has 0 fully saturated rings. The third-order valence-corrected chi connectivity index (χ3v) is 2.80. The van der Waals surface area contributed by atoms with Crippen molar-refractivity contribution in [2.75, 3.05) is 7.11 Å². The first-order valence-electron chi connectivity index (χ1n) is 5.83. The molecule has 2 rings (SSSR count). The number of ether oxygens (including phenoxy) is 2. The monoisotopic (exact) mass is 247 g/mol. The molecule has 18 heavy (non-hydrogen) atoms. The maximum Gasteiger partial charge on any atom is 0.140 e. The highest BCUT2D eigenvalue weighted by Gasteiger charge is 2.09. The summed E-state index contributed by atoms with van der Waals surface area (Å²) in [7, 11) is 1.68. The van der Waals surface area contributed by atoms with E-state index in [1.54, 1.807) is 7.11 Å². The molecule has 4 nitrogen and oxygen atoms in total. The predicted molar refractivity (Wildman–Crippen MR) is 67.5 cm³/mol. The van der Waals surface area contributed by atoms with Gasteiger partial charge in [0.05, 0.1) is 17.9 Å². The summed E-state index contributed by atoms with van der Waals surface area (Å²) >= 11 is 0. The largest absolute Gasteiger partial charge is 0.489 e. The summed E-state index contributed by atoms with van der Waals surface area (Å²) in [5.74, 6) is 1.64. The molecule has 1 aromatic heterocycles. The van der Waals surface area contributed by atoms with E-state index in [0.717, 1.165) is 28.3 Å². The van der Waals surface area contributed by atoms with Gasteiger partial charge in [0.25, 0.3) is 0 Å². The summed E-state index contributed by atoms with van der Waals surface area (Å²) in [6.07, 6.45) is 0. The molecule has 96 valence electrons. The van der Waals surface area contributed by atoms with Crippen molar-refractivity contribution < 1.29 is 14.0 Å². The molecular formula is C14H17NO3. The molecule has 0 N–H and O–H groups in total. The zero-order valence-corrected chi connectivity index (χ0v) is 10.9. The number of aryl methyl sites for hydroxylation is 2. The van der Waals surface area contributed by atoms with E-state index in [2.05, 4.69) is 5.16 Å². The molecule has 1 heterocycles. The molecule has 0 bridgehead atoms. The van der Waals surface area contributed by atoms with E-state index in [1.807, 2.05) is 38.1 Å². The third kappa shape index (κ3) is 2.90. The Morgan fingerprint density at radius 2 is 1.83 bits per heavy atom. The summed E-state index contributed by atoms with van der Waals surface area (Å²) in [4.78, 5) is 0. The Kier molecular flexibility index (Phi) is 3.99. The van der Waals surface area contributed by atoms with E-state index >= 15 is 0 Å². The van der Waals surface area contributed by atoms with Gasteiger partial charge in [-0.15, -0.1) is 0 Å². The van der Waals surface area contributed by atoms with Crippen molar-refractivity contribution in [2.45, 2.75) is 27.1 Å². The molecule has 0 unspecified atom stereocenters. The van der Waals surface area contributed by atoms with Crippen molar-refractivity contribution in [3.63, 3.8) is 0 Å². The van der Waals surface area contributed by atoms with Crippen molar-refractivity contribution in [1.82, 2.24) is 5.16 Å². The fraction of sp³-hybridized carbons (Fsp3) is 0.357. The minimum atomic E-state index is 0.477. The minimum Gasteiger partial charge on any atom is -0.489 e. The number of aromatic nitrogens is 1. The normalized spacial score (nSPS) is 10.6. The van der Waals surface area contributed by atoms with Crippen LogP contribution in [-0.2, 0) is 18.0 Å². The summed E-state index contributed by atoms with van der Waals surface area (Å²) < 4.78 is 15.8. The van der Waals surface area contributed by atoms with E-state index in [4.69, 9.17) is 14.0 Å². The van der Waals surface area contributed by atoms with Crippen LogP contribution in [0, 0.1) is 13.8 Å². The van der Waals surface area contributed by atoms with E-state index in [9.17, 15) is 0 Å². The Morgan fingerprint density at radius 3 is 2.39 bits per heavy atom. The number of hydrogen-bond acceptors (Lipinski definition) is 4. The average molecular weight is 247 g/mol. The summed E-state index contributed by atoms with van der Waals surface area (Å²) in [5, 5.41) is 3.90. The fourth-order valence-electron chi connectivity index (χ4n) is 1.71. The molecule has 0 atom stereocenters. The smallest absolute Gasteiger partial charge is 0.140 e. The van der Waals surface area contributed by atoms with Gasteiger partial charge in [0.15, 0.2) is 0 Å². The Hall–Kier alpha value is -1.81. The van der Waals surface area contributed by atoms with Gasteiger partial charge >= 0.3 is 0 Å². The van der Waals surface area contributed by atoms with Crippen LogP contribution in [0.5, 0.6) is 5.75 Å². The Morgan fingerprint density at radius 1 is 1.11 bits per heavy atom. The Bertz CT molecular complexity index is 483. The lowest BCUT2D eigenvalue weighted by Gasteiger charge is -2.06. The van der Waals surface area contributed by atoms with Crippen LogP contribution in [0.4, 0.5) is 0 Å².